The third-order valence-electron chi connectivity index (χ3n) is 3.07. The maximum Gasteiger partial charge on any atom is 0.418 e. The van der Waals surface area contributed by atoms with Crippen LogP contribution in [0.15, 0.2) is 36.4 Å². The fourth-order valence-electron chi connectivity index (χ4n) is 2.08. The van der Waals surface area contributed by atoms with Crippen molar-refractivity contribution in [2.24, 2.45) is 0 Å². The van der Waals surface area contributed by atoms with Gasteiger partial charge in [0.2, 0.25) is 0 Å². The third kappa shape index (κ3) is 3.48. The number of hydrogen-bond acceptors (Lipinski definition) is 3. The van der Waals surface area contributed by atoms with Gasteiger partial charge in [-0.05, 0) is 30.3 Å². The molecule has 24 heavy (non-hydrogen) atoms. The Hall–Kier alpha value is -1.83. The number of rotatable bonds is 2. The molecule has 9 heteroatoms. The van der Waals surface area contributed by atoms with Gasteiger partial charge in [0, 0.05) is 15.6 Å². The van der Waals surface area contributed by atoms with E-state index in [4.69, 9.17) is 23.2 Å². The Morgan fingerprint density at radius 3 is 2.42 bits per heavy atom. The van der Waals surface area contributed by atoms with Crippen LogP contribution in [-0.4, -0.2) is 10.9 Å². The van der Waals surface area contributed by atoms with Gasteiger partial charge in [-0.2, -0.15) is 13.2 Å². The lowest BCUT2D eigenvalue weighted by Gasteiger charge is -2.06. The largest absolute Gasteiger partial charge is 0.418 e. The highest BCUT2D eigenvalue weighted by molar-refractivity contribution is 7.22. The third-order valence-corrected chi connectivity index (χ3v) is 4.44. The minimum Gasteiger partial charge on any atom is -0.298 e. The van der Waals surface area contributed by atoms with E-state index in [2.05, 4.69) is 10.3 Å². The molecule has 0 unspecified atom stereocenters. The van der Waals surface area contributed by atoms with Crippen molar-refractivity contribution in [1.29, 1.82) is 0 Å². The number of carbonyl (C=O) groups is 1. The molecule has 3 rings (SSSR count). The van der Waals surface area contributed by atoms with Crippen LogP contribution in [0.25, 0.3) is 10.2 Å². The quantitative estimate of drug-likeness (QED) is 0.593. The molecule has 3 nitrogen and oxygen atoms in total. The van der Waals surface area contributed by atoms with E-state index in [0.717, 1.165) is 17.4 Å². The Bertz CT molecular complexity index is 920. The first-order chi connectivity index (χ1) is 11.2. The molecule has 3 aromatic rings. The van der Waals surface area contributed by atoms with E-state index < -0.39 is 17.6 Å². The maximum absolute atomic E-state index is 13.0. The van der Waals surface area contributed by atoms with Crippen LogP contribution in [0.1, 0.15) is 15.9 Å². The number of nitrogens with one attached hydrogen (secondary N) is 1. The predicted molar refractivity (Wildman–Crippen MR) is 89.0 cm³/mol. The summed E-state index contributed by atoms with van der Waals surface area (Å²) in [5, 5.41) is 3.07. The van der Waals surface area contributed by atoms with Crippen LogP contribution in [0, 0.1) is 0 Å². The standard InChI is InChI=1S/C15H7Cl2F3N2OS/c16-8-4-7(5-9(17)6-8)13(23)22-14-21-12-10(15(18,19)20)2-1-3-11(12)24-14/h1-6H,(H,21,22,23). The Morgan fingerprint density at radius 1 is 1.12 bits per heavy atom. The monoisotopic (exact) mass is 390 g/mol. The first kappa shape index (κ1) is 17.0. The molecule has 0 aliphatic carbocycles. The van der Waals surface area contributed by atoms with Gasteiger partial charge in [-0.1, -0.05) is 40.6 Å². The van der Waals surface area contributed by atoms with Gasteiger partial charge in [0.1, 0.15) is 0 Å². The van der Waals surface area contributed by atoms with E-state index in [1.54, 1.807) is 0 Å². The Morgan fingerprint density at radius 2 is 1.79 bits per heavy atom. The Balaban J connectivity index is 1.95. The molecule has 2 aromatic carbocycles. The van der Waals surface area contributed by atoms with Crippen molar-refractivity contribution in [2.45, 2.75) is 6.18 Å². The summed E-state index contributed by atoms with van der Waals surface area (Å²) in [4.78, 5) is 16.1. The molecule has 1 amide bonds. The highest BCUT2D eigenvalue weighted by Crippen LogP contribution is 2.37. The van der Waals surface area contributed by atoms with Gasteiger partial charge < -0.3 is 0 Å². The molecule has 0 atom stereocenters. The number of halogens is 5. The maximum atomic E-state index is 13.0. The molecule has 1 aromatic heterocycles. The van der Waals surface area contributed by atoms with Crippen LogP contribution in [0.3, 0.4) is 0 Å². The molecule has 0 aliphatic rings. The summed E-state index contributed by atoms with van der Waals surface area (Å²) in [6.07, 6.45) is -4.52. The van der Waals surface area contributed by atoms with Gasteiger partial charge in [-0.15, -0.1) is 0 Å². The number of amides is 1. The SMILES string of the molecule is O=C(Nc1nc2c(C(F)(F)F)cccc2s1)c1cc(Cl)cc(Cl)c1. The second-order valence-electron chi connectivity index (χ2n) is 4.78. The number of carbonyl (C=O) groups excluding carboxylic acids is 1. The number of nitrogens with zero attached hydrogens (tertiary/aromatic N) is 1. The fraction of sp³-hybridized carbons (Fsp3) is 0.0667. The fourth-order valence-corrected chi connectivity index (χ4v) is 3.50. The van der Waals surface area contributed by atoms with Crippen molar-refractivity contribution in [3.63, 3.8) is 0 Å². The molecule has 0 saturated heterocycles. The van der Waals surface area contributed by atoms with Crippen LogP contribution in [0.4, 0.5) is 18.3 Å². The molecular formula is C15H7Cl2F3N2OS. The summed E-state index contributed by atoms with van der Waals surface area (Å²) in [6, 6.07) is 8.02. The van der Waals surface area contributed by atoms with Crippen molar-refractivity contribution in [1.82, 2.24) is 4.98 Å². The molecule has 1 N–H and O–H groups in total. The van der Waals surface area contributed by atoms with E-state index in [0.29, 0.717) is 4.70 Å². The van der Waals surface area contributed by atoms with Crippen molar-refractivity contribution < 1.29 is 18.0 Å². The summed E-state index contributed by atoms with van der Waals surface area (Å²) >= 11 is 12.6. The van der Waals surface area contributed by atoms with Crippen molar-refractivity contribution in [2.75, 3.05) is 5.32 Å². The van der Waals surface area contributed by atoms with E-state index in [1.807, 2.05) is 0 Å². The van der Waals surface area contributed by atoms with Crippen molar-refractivity contribution in [3.05, 3.63) is 57.6 Å². The van der Waals surface area contributed by atoms with Crippen LogP contribution < -0.4 is 5.32 Å². The minimum atomic E-state index is -4.52. The number of benzene rings is 2. The lowest BCUT2D eigenvalue weighted by atomic mass is 10.2. The molecule has 1 heterocycles. The average Bonchev–Trinajstić information content (AvgIpc) is 2.86. The molecule has 0 fully saturated rings. The summed E-state index contributed by atoms with van der Waals surface area (Å²) in [7, 11) is 0. The van der Waals surface area contributed by atoms with Crippen molar-refractivity contribution >= 4 is 55.8 Å². The number of anilines is 1. The normalized spacial score (nSPS) is 11.7. The zero-order valence-corrected chi connectivity index (χ0v) is 13.9. The minimum absolute atomic E-state index is 0.0581. The number of thiazole rings is 1. The second-order valence-corrected chi connectivity index (χ2v) is 6.68. The first-order valence-electron chi connectivity index (χ1n) is 6.48. The smallest absolute Gasteiger partial charge is 0.298 e. The number of hydrogen-bond donors (Lipinski definition) is 1. The zero-order valence-electron chi connectivity index (χ0n) is 11.6. The van der Waals surface area contributed by atoms with E-state index in [-0.39, 0.29) is 26.3 Å². The molecule has 0 radical (unpaired) electrons. The second kappa shape index (κ2) is 6.23. The summed E-state index contributed by atoms with van der Waals surface area (Å²) in [5.41, 5.74) is -0.861. The Labute approximate surface area is 148 Å². The van der Waals surface area contributed by atoms with Gasteiger partial charge >= 0.3 is 6.18 Å². The van der Waals surface area contributed by atoms with Crippen molar-refractivity contribution in [3.8, 4) is 0 Å². The van der Waals surface area contributed by atoms with Gasteiger partial charge in [0.15, 0.2) is 5.13 Å². The summed E-state index contributed by atoms with van der Waals surface area (Å²) < 4.78 is 39.3. The van der Waals surface area contributed by atoms with Gasteiger partial charge in [0.05, 0.1) is 15.8 Å². The summed E-state index contributed by atoms with van der Waals surface area (Å²) in [5.74, 6) is -0.563. The summed E-state index contributed by atoms with van der Waals surface area (Å²) in [6.45, 7) is 0. The molecule has 0 saturated carbocycles. The molecular weight excluding hydrogens is 384 g/mol. The number of fused-ring (bicyclic) bond motifs is 1. The average molecular weight is 391 g/mol. The lowest BCUT2D eigenvalue weighted by Crippen LogP contribution is -2.11. The van der Waals surface area contributed by atoms with E-state index >= 15 is 0 Å². The van der Waals surface area contributed by atoms with Gasteiger partial charge in [0.25, 0.3) is 5.91 Å². The molecule has 124 valence electrons. The highest BCUT2D eigenvalue weighted by Gasteiger charge is 2.33. The van der Waals surface area contributed by atoms with Crippen LogP contribution in [0.5, 0.6) is 0 Å². The lowest BCUT2D eigenvalue weighted by molar-refractivity contribution is -0.136. The number of aromatic nitrogens is 1. The number of para-hydroxylation sites is 1. The topological polar surface area (TPSA) is 42.0 Å². The zero-order chi connectivity index (χ0) is 17.5. The van der Waals surface area contributed by atoms with E-state index in [1.165, 1.54) is 30.3 Å². The van der Waals surface area contributed by atoms with Gasteiger partial charge in [-0.25, -0.2) is 4.98 Å². The van der Waals surface area contributed by atoms with E-state index in [9.17, 15) is 18.0 Å². The Kier molecular flexibility index (Phi) is 4.42. The highest BCUT2D eigenvalue weighted by atomic mass is 35.5. The predicted octanol–water partition coefficient (Wildman–Crippen LogP) is 5.87. The van der Waals surface area contributed by atoms with Gasteiger partial charge in [-0.3, -0.25) is 10.1 Å². The molecule has 0 spiro atoms. The first-order valence-corrected chi connectivity index (χ1v) is 8.05. The van der Waals surface area contributed by atoms with Crippen LogP contribution in [-0.2, 0) is 6.18 Å². The van der Waals surface area contributed by atoms with Crippen LogP contribution >= 0.6 is 34.5 Å². The number of alkyl halides is 3. The molecule has 0 aliphatic heterocycles. The van der Waals surface area contributed by atoms with Crippen LogP contribution in [0.2, 0.25) is 10.0 Å². The molecule has 0 bridgehead atoms.